The molecule has 2 rings (SSSR count). The van der Waals surface area contributed by atoms with Crippen LogP contribution in [0.1, 0.15) is 25.3 Å². The summed E-state index contributed by atoms with van der Waals surface area (Å²) in [6.07, 6.45) is 3.35. The average molecular weight is 382 g/mol. The van der Waals surface area contributed by atoms with Gasteiger partial charge in [-0.2, -0.15) is 11.8 Å². The minimum Gasteiger partial charge on any atom is -0.496 e. The Bertz CT molecular complexity index is 564. The molecule has 6 nitrogen and oxygen atoms in total. The number of hydrogen-bond acceptors (Lipinski definition) is 5. The van der Waals surface area contributed by atoms with Crippen LogP contribution >= 0.6 is 11.8 Å². The highest BCUT2D eigenvalue weighted by atomic mass is 32.2. The van der Waals surface area contributed by atoms with E-state index in [0.717, 1.165) is 54.8 Å². The predicted octanol–water partition coefficient (Wildman–Crippen LogP) is 2.71. The monoisotopic (exact) mass is 381 g/mol. The van der Waals surface area contributed by atoms with Crippen molar-refractivity contribution in [3.8, 4) is 17.2 Å². The summed E-state index contributed by atoms with van der Waals surface area (Å²) in [5, 5.41) is 7.39. The molecule has 0 amide bonds. The normalized spacial score (nSPS) is 17.1. The van der Waals surface area contributed by atoms with Crippen LogP contribution in [-0.4, -0.2) is 57.9 Å². The van der Waals surface area contributed by atoms with Gasteiger partial charge in [-0.3, -0.25) is 4.99 Å². The van der Waals surface area contributed by atoms with E-state index in [1.165, 1.54) is 18.6 Å². The number of aliphatic imine (C=N–C) groups is 1. The number of guanidine groups is 1. The van der Waals surface area contributed by atoms with Gasteiger partial charge >= 0.3 is 0 Å². The molecule has 1 aromatic rings. The quantitative estimate of drug-likeness (QED) is 0.507. The molecule has 0 aromatic heterocycles. The van der Waals surface area contributed by atoms with Gasteiger partial charge in [0.05, 0.1) is 27.9 Å². The lowest BCUT2D eigenvalue weighted by atomic mass is 10.1. The molecule has 1 atom stereocenters. The molecule has 26 heavy (non-hydrogen) atoms. The average Bonchev–Trinajstić information content (AvgIpc) is 3.19. The maximum absolute atomic E-state index is 5.51. The summed E-state index contributed by atoms with van der Waals surface area (Å²) >= 11 is 2.03. The Labute approximate surface area is 161 Å². The Kier molecular flexibility index (Phi) is 8.74. The first-order valence-electron chi connectivity index (χ1n) is 9.14. The van der Waals surface area contributed by atoms with Crippen molar-refractivity contribution in [1.29, 1.82) is 0 Å². The molecule has 2 N–H and O–H groups in total. The number of rotatable bonds is 9. The molecule has 1 aliphatic heterocycles. The van der Waals surface area contributed by atoms with Crippen molar-refractivity contribution < 1.29 is 14.2 Å². The largest absolute Gasteiger partial charge is 0.496 e. The van der Waals surface area contributed by atoms with Crippen LogP contribution in [0.4, 0.5) is 0 Å². The number of benzene rings is 1. The smallest absolute Gasteiger partial charge is 0.191 e. The van der Waals surface area contributed by atoms with Crippen LogP contribution < -0.4 is 24.8 Å². The summed E-state index contributed by atoms with van der Waals surface area (Å²) in [5.74, 6) is 4.40. The molecule has 146 valence electrons. The van der Waals surface area contributed by atoms with Crippen LogP contribution in [0.3, 0.4) is 0 Å². The highest BCUT2D eigenvalue weighted by molar-refractivity contribution is 8.00. The maximum atomic E-state index is 5.51. The highest BCUT2D eigenvalue weighted by Gasteiger charge is 2.16. The number of ether oxygens (including phenoxy) is 3. The van der Waals surface area contributed by atoms with Gasteiger partial charge in [-0.1, -0.05) is 0 Å². The molecule has 0 bridgehead atoms. The number of methoxy groups -OCH3 is 3. The molecular weight excluding hydrogens is 350 g/mol. The second-order valence-electron chi connectivity index (χ2n) is 6.04. The summed E-state index contributed by atoms with van der Waals surface area (Å²) in [6, 6.07) is 3.77. The fourth-order valence-electron chi connectivity index (χ4n) is 2.95. The van der Waals surface area contributed by atoms with Crippen molar-refractivity contribution in [3.63, 3.8) is 0 Å². The minimum atomic E-state index is 0.659. The lowest BCUT2D eigenvalue weighted by Gasteiger charge is -2.16. The molecule has 0 saturated carbocycles. The van der Waals surface area contributed by atoms with E-state index >= 15 is 0 Å². The Morgan fingerprint density at radius 1 is 1.15 bits per heavy atom. The van der Waals surface area contributed by atoms with Crippen molar-refractivity contribution in [1.82, 2.24) is 10.6 Å². The van der Waals surface area contributed by atoms with Crippen molar-refractivity contribution in [2.24, 2.45) is 4.99 Å². The molecular formula is C19H31N3O3S. The first-order chi connectivity index (χ1) is 12.7. The van der Waals surface area contributed by atoms with Crippen LogP contribution in [0.2, 0.25) is 0 Å². The molecule has 1 aliphatic rings. The first-order valence-corrected chi connectivity index (χ1v) is 10.2. The van der Waals surface area contributed by atoms with Gasteiger partial charge in [-0.15, -0.1) is 0 Å². The number of hydrogen-bond donors (Lipinski definition) is 2. The second kappa shape index (κ2) is 11.1. The predicted molar refractivity (Wildman–Crippen MR) is 109 cm³/mol. The third kappa shape index (κ3) is 5.90. The molecule has 0 spiro atoms. The van der Waals surface area contributed by atoms with E-state index in [1.54, 1.807) is 21.3 Å². The van der Waals surface area contributed by atoms with Gasteiger partial charge in [-0.05, 0) is 31.9 Å². The topological polar surface area (TPSA) is 64.1 Å². The Morgan fingerprint density at radius 2 is 1.88 bits per heavy atom. The SMILES string of the molecule is CCNC(=NCC1CCCS1)NCCc1c(OC)cc(OC)cc1OC. The zero-order valence-electron chi connectivity index (χ0n) is 16.3. The molecule has 0 radical (unpaired) electrons. The van der Waals surface area contributed by atoms with Crippen LogP contribution in [0.15, 0.2) is 17.1 Å². The number of nitrogens with zero attached hydrogens (tertiary/aromatic N) is 1. The number of thioether (sulfide) groups is 1. The first kappa shape index (κ1) is 20.6. The zero-order chi connectivity index (χ0) is 18.8. The molecule has 1 saturated heterocycles. The van der Waals surface area contributed by atoms with E-state index in [4.69, 9.17) is 19.2 Å². The maximum Gasteiger partial charge on any atom is 0.191 e. The fraction of sp³-hybridized carbons (Fsp3) is 0.632. The molecule has 0 aliphatic carbocycles. The second-order valence-corrected chi connectivity index (χ2v) is 7.45. The minimum absolute atomic E-state index is 0.659. The van der Waals surface area contributed by atoms with Crippen LogP contribution in [0.5, 0.6) is 17.2 Å². The lowest BCUT2D eigenvalue weighted by Crippen LogP contribution is -2.38. The van der Waals surface area contributed by atoms with E-state index in [2.05, 4.69) is 17.6 Å². The Morgan fingerprint density at radius 3 is 2.42 bits per heavy atom. The van der Waals surface area contributed by atoms with Crippen molar-refractivity contribution >= 4 is 17.7 Å². The summed E-state index contributed by atoms with van der Waals surface area (Å²) < 4.78 is 16.3. The van der Waals surface area contributed by atoms with Crippen LogP contribution in [0, 0.1) is 0 Å². The third-order valence-corrected chi connectivity index (χ3v) is 5.69. The summed E-state index contributed by atoms with van der Waals surface area (Å²) in [4.78, 5) is 4.73. The van der Waals surface area contributed by atoms with Gasteiger partial charge in [-0.25, -0.2) is 0 Å². The van der Waals surface area contributed by atoms with Crippen molar-refractivity contribution in [2.75, 3.05) is 46.7 Å². The summed E-state index contributed by atoms with van der Waals surface area (Å²) in [5.41, 5.74) is 1.02. The van der Waals surface area contributed by atoms with Crippen molar-refractivity contribution in [3.05, 3.63) is 17.7 Å². The zero-order valence-corrected chi connectivity index (χ0v) is 17.1. The fourth-order valence-corrected chi connectivity index (χ4v) is 4.13. The van der Waals surface area contributed by atoms with Crippen LogP contribution in [0.25, 0.3) is 0 Å². The standard InChI is InChI=1S/C19H31N3O3S/c1-5-20-19(22-13-15-7-6-10-26-15)21-9-8-16-17(24-3)11-14(23-2)12-18(16)25-4/h11-12,15H,5-10,13H2,1-4H3,(H2,20,21,22). The summed E-state index contributed by atoms with van der Waals surface area (Å²) in [7, 11) is 4.96. The molecule has 1 heterocycles. The molecule has 1 fully saturated rings. The lowest BCUT2D eigenvalue weighted by molar-refractivity contribution is 0.368. The Balaban J connectivity index is 1.98. The van der Waals surface area contributed by atoms with E-state index in [-0.39, 0.29) is 0 Å². The van der Waals surface area contributed by atoms with E-state index in [9.17, 15) is 0 Å². The molecule has 1 unspecified atom stereocenters. The summed E-state index contributed by atoms with van der Waals surface area (Å²) in [6.45, 7) is 4.54. The van der Waals surface area contributed by atoms with E-state index in [0.29, 0.717) is 5.25 Å². The molecule has 1 aromatic carbocycles. The van der Waals surface area contributed by atoms with E-state index in [1.807, 2.05) is 23.9 Å². The Hall–Kier alpha value is -1.76. The van der Waals surface area contributed by atoms with Gasteiger partial charge in [0.25, 0.3) is 0 Å². The van der Waals surface area contributed by atoms with Gasteiger partial charge < -0.3 is 24.8 Å². The van der Waals surface area contributed by atoms with Gasteiger partial charge in [0.2, 0.25) is 0 Å². The van der Waals surface area contributed by atoms with Crippen molar-refractivity contribution in [2.45, 2.75) is 31.4 Å². The molecule has 7 heteroatoms. The van der Waals surface area contributed by atoms with E-state index < -0.39 is 0 Å². The van der Waals surface area contributed by atoms with Crippen LogP contribution in [-0.2, 0) is 6.42 Å². The van der Waals surface area contributed by atoms with Gasteiger partial charge in [0.15, 0.2) is 5.96 Å². The van der Waals surface area contributed by atoms with Gasteiger partial charge in [0.1, 0.15) is 17.2 Å². The number of nitrogens with one attached hydrogen (secondary N) is 2. The third-order valence-electron chi connectivity index (χ3n) is 4.31. The van der Waals surface area contributed by atoms with Gasteiger partial charge in [0, 0.05) is 36.0 Å². The highest BCUT2D eigenvalue weighted by Crippen LogP contribution is 2.34.